The smallest absolute Gasteiger partial charge is 0.161 e. The Kier molecular flexibility index (Phi) is 10.2. The van der Waals surface area contributed by atoms with E-state index in [2.05, 4.69) is 20.6 Å². The molecule has 0 saturated heterocycles. The highest BCUT2D eigenvalue weighted by Crippen LogP contribution is 1.84. The first kappa shape index (κ1) is 13.9. The molecule has 0 unspecified atom stereocenters. The molecule has 1 heterocycles. The fourth-order valence-electron chi connectivity index (χ4n) is 0.889. The van der Waals surface area contributed by atoms with Crippen molar-refractivity contribution in [3.05, 3.63) is 6.33 Å². The summed E-state index contributed by atoms with van der Waals surface area (Å²) in [4.78, 5) is 1.79. The molecular formula is C7H17N5O3. The van der Waals surface area contributed by atoms with E-state index in [4.69, 9.17) is 15.3 Å². The molecule has 0 aromatic carbocycles. The molecule has 0 fully saturated rings. The monoisotopic (exact) mass is 219 g/mol. The van der Waals surface area contributed by atoms with Crippen molar-refractivity contribution in [3.63, 3.8) is 0 Å². The fraction of sp³-hybridized carbons (Fsp3) is 0.857. The van der Waals surface area contributed by atoms with Crippen LogP contribution in [0.2, 0.25) is 0 Å². The van der Waals surface area contributed by atoms with Crippen molar-refractivity contribution < 1.29 is 15.3 Å². The summed E-state index contributed by atoms with van der Waals surface area (Å²) in [7, 11) is 0. The average Bonchev–Trinajstić information content (AvgIpc) is 2.77. The van der Waals surface area contributed by atoms with Crippen LogP contribution in [-0.2, 0) is 0 Å². The number of hydrogen-bond donors (Lipinski definition) is 4. The topological polar surface area (TPSA) is 118 Å². The Morgan fingerprint density at radius 1 is 1.00 bits per heavy atom. The van der Waals surface area contributed by atoms with E-state index < -0.39 is 0 Å². The molecule has 4 N–H and O–H groups in total. The van der Waals surface area contributed by atoms with Gasteiger partial charge in [-0.1, -0.05) is 5.21 Å². The van der Waals surface area contributed by atoms with Crippen molar-refractivity contribution in [1.82, 2.24) is 25.5 Å². The van der Waals surface area contributed by atoms with Gasteiger partial charge in [-0.25, -0.2) is 0 Å². The van der Waals surface area contributed by atoms with E-state index in [-0.39, 0.29) is 19.8 Å². The number of aliphatic hydroxyl groups excluding tert-OH is 3. The quantitative estimate of drug-likeness (QED) is 0.416. The number of nitrogens with zero attached hydrogens (tertiary/aromatic N) is 4. The van der Waals surface area contributed by atoms with Crippen LogP contribution in [0.1, 0.15) is 0 Å². The second kappa shape index (κ2) is 11.0. The van der Waals surface area contributed by atoms with E-state index in [9.17, 15) is 0 Å². The van der Waals surface area contributed by atoms with E-state index >= 15 is 0 Å². The average molecular weight is 219 g/mol. The third-order valence-electron chi connectivity index (χ3n) is 1.52. The molecule has 0 spiro atoms. The molecule has 0 aliphatic rings. The molecule has 0 atom stereocenters. The summed E-state index contributed by atoms with van der Waals surface area (Å²) >= 11 is 0. The number of aliphatic hydroxyl groups is 3. The molecule has 0 radical (unpaired) electrons. The summed E-state index contributed by atoms with van der Waals surface area (Å²) in [6.07, 6.45) is 1.33. The molecule has 0 aliphatic carbocycles. The van der Waals surface area contributed by atoms with Crippen LogP contribution in [0.5, 0.6) is 0 Å². The van der Waals surface area contributed by atoms with Crippen molar-refractivity contribution in [1.29, 1.82) is 0 Å². The summed E-state index contributed by atoms with van der Waals surface area (Å²) in [6.45, 7) is 1.75. The predicted octanol–water partition coefficient (Wildman–Crippen LogP) is -2.53. The van der Waals surface area contributed by atoms with Crippen LogP contribution in [0.4, 0.5) is 0 Å². The van der Waals surface area contributed by atoms with Crippen LogP contribution in [0.3, 0.4) is 0 Å². The van der Waals surface area contributed by atoms with Crippen LogP contribution in [-0.4, -0.2) is 80.3 Å². The Balaban J connectivity index is 0.000000322. The van der Waals surface area contributed by atoms with Crippen LogP contribution in [0.15, 0.2) is 6.33 Å². The second-order valence-corrected chi connectivity index (χ2v) is 2.57. The Morgan fingerprint density at radius 2 is 1.53 bits per heavy atom. The normalized spacial score (nSPS) is 9.87. The summed E-state index contributed by atoms with van der Waals surface area (Å²) in [5, 5.41) is 37.6. The zero-order chi connectivity index (χ0) is 11.4. The SMILES string of the molecule is OCCN(CCO)CCO.c1nn[nH]n1. The maximum absolute atomic E-state index is 8.48. The van der Waals surface area contributed by atoms with E-state index in [1.165, 1.54) is 6.33 Å². The highest BCUT2D eigenvalue weighted by molar-refractivity contribution is 4.54. The number of hydrogen-bond acceptors (Lipinski definition) is 7. The van der Waals surface area contributed by atoms with Crippen molar-refractivity contribution in [2.24, 2.45) is 0 Å². The van der Waals surface area contributed by atoms with Gasteiger partial charge < -0.3 is 15.3 Å². The van der Waals surface area contributed by atoms with Gasteiger partial charge in [0.1, 0.15) is 0 Å². The van der Waals surface area contributed by atoms with Crippen molar-refractivity contribution in [3.8, 4) is 0 Å². The lowest BCUT2D eigenvalue weighted by Gasteiger charge is -2.17. The van der Waals surface area contributed by atoms with Crippen LogP contribution >= 0.6 is 0 Å². The van der Waals surface area contributed by atoms with Crippen LogP contribution in [0, 0.1) is 0 Å². The Bertz CT molecular complexity index is 165. The lowest BCUT2D eigenvalue weighted by molar-refractivity contribution is 0.136. The molecule has 88 valence electrons. The first-order chi connectivity index (χ1) is 7.35. The van der Waals surface area contributed by atoms with Crippen molar-refractivity contribution in [2.45, 2.75) is 0 Å². The number of aromatic amines is 1. The van der Waals surface area contributed by atoms with Gasteiger partial charge in [0.2, 0.25) is 0 Å². The van der Waals surface area contributed by atoms with Crippen LogP contribution < -0.4 is 0 Å². The zero-order valence-corrected chi connectivity index (χ0v) is 8.45. The third-order valence-corrected chi connectivity index (χ3v) is 1.52. The minimum Gasteiger partial charge on any atom is -0.395 e. The molecule has 15 heavy (non-hydrogen) atoms. The highest BCUT2D eigenvalue weighted by Gasteiger charge is 2.00. The first-order valence-corrected chi connectivity index (χ1v) is 4.56. The Hall–Kier alpha value is -1.09. The molecule has 1 aromatic heterocycles. The molecule has 8 nitrogen and oxygen atoms in total. The first-order valence-electron chi connectivity index (χ1n) is 4.56. The highest BCUT2D eigenvalue weighted by atomic mass is 16.3. The molecule has 1 rings (SSSR count). The van der Waals surface area contributed by atoms with Gasteiger partial charge in [-0.2, -0.15) is 5.21 Å². The number of tetrazole rings is 1. The van der Waals surface area contributed by atoms with E-state index in [1.807, 2.05) is 0 Å². The minimum atomic E-state index is 0.0694. The van der Waals surface area contributed by atoms with Gasteiger partial charge >= 0.3 is 0 Å². The predicted molar refractivity (Wildman–Crippen MR) is 51.9 cm³/mol. The largest absolute Gasteiger partial charge is 0.395 e. The zero-order valence-electron chi connectivity index (χ0n) is 8.45. The Labute approximate surface area is 87.5 Å². The van der Waals surface area contributed by atoms with Gasteiger partial charge in [-0.3, -0.25) is 4.90 Å². The standard InChI is InChI=1S/C6H15NO3.CH2N4/c8-4-1-7(2-5-9)3-6-10;1-2-4-5-3-1/h8-10H,1-6H2;1H,(H,2,3,4,5). The maximum atomic E-state index is 8.48. The molecule has 8 heteroatoms. The maximum Gasteiger partial charge on any atom is 0.161 e. The number of nitrogens with one attached hydrogen (secondary N) is 1. The van der Waals surface area contributed by atoms with Gasteiger partial charge in [0.15, 0.2) is 6.33 Å². The van der Waals surface area contributed by atoms with Gasteiger partial charge in [0, 0.05) is 19.6 Å². The van der Waals surface area contributed by atoms with Gasteiger partial charge in [-0.15, -0.1) is 10.2 Å². The van der Waals surface area contributed by atoms with E-state index in [1.54, 1.807) is 4.90 Å². The Morgan fingerprint density at radius 3 is 1.73 bits per heavy atom. The van der Waals surface area contributed by atoms with Gasteiger partial charge in [0.05, 0.1) is 19.8 Å². The van der Waals surface area contributed by atoms with E-state index in [0.717, 1.165) is 0 Å². The van der Waals surface area contributed by atoms with E-state index in [0.29, 0.717) is 19.6 Å². The van der Waals surface area contributed by atoms with Crippen molar-refractivity contribution in [2.75, 3.05) is 39.5 Å². The number of aromatic nitrogens is 4. The molecule has 0 aliphatic heterocycles. The van der Waals surface area contributed by atoms with Crippen molar-refractivity contribution >= 4 is 0 Å². The lowest BCUT2D eigenvalue weighted by atomic mass is 10.4. The van der Waals surface area contributed by atoms with Gasteiger partial charge in [0.25, 0.3) is 0 Å². The van der Waals surface area contributed by atoms with Crippen LogP contribution in [0.25, 0.3) is 0 Å². The summed E-state index contributed by atoms with van der Waals surface area (Å²) in [5.74, 6) is 0. The second-order valence-electron chi connectivity index (χ2n) is 2.57. The molecule has 0 bridgehead atoms. The molecule has 1 aromatic rings. The summed E-state index contributed by atoms with van der Waals surface area (Å²) in [5.41, 5.74) is 0. The number of rotatable bonds is 6. The minimum absolute atomic E-state index is 0.0694. The van der Waals surface area contributed by atoms with Gasteiger partial charge in [-0.05, 0) is 0 Å². The summed E-state index contributed by atoms with van der Waals surface area (Å²) < 4.78 is 0. The lowest BCUT2D eigenvalue weighted by Crippen LogP contribution is -2.32. The third kappa shape index (κ3) is 9.22. The molecule has 0 amide bonds. The fourth-order valence-corrected chi connectivity index (χ4v) is 0.889. The molecular weight excluding hydrogens is 202 g/mol. The molecule has 0 saturated carbocycles. The summed E-state index contributed by atoms with van der Waals surface area (Å²) in [6, 6.07) is 0. The number of H-pyrrole nitrogens is 1.